The van der Waals surface area contributed by atoms with Crippen molar-refractivity contribution < 1.29 is 4.92 Å². The van der Waals surface area contributed by atoms with Gasteiger partial charge >= 0.3 is 0 Å². The van der Waals surface area contributed by atoms with E-state index in [1.54, 1.807) is 6.07 Å². The van der Waals surface area contributed by atoms with Crippen molar-refractivity contribution in [3.63, 3.8) is 0 Å². The Kier molecular flexibility index (Phi) is 3.96. The number of nitro benzene ring substituents is 1. The lowest BCUT2D eigenvalue weighted by Crippen LogP contribution is -1.94. The Morgan fingerprint density at radius 3 is 2.45 bits per heavy atom. The van der Waals surface area contributed by atoms with Crippen LogP contribution < -0.4 is 0 Å². The third-order valence-corrected chi connectivity index (χ3v) is 3.31. The van der Waals surface area contributed by atoms with Gasteiger partial charge in [0, 0.05) is 22.3 Å². The number of rotatable bonds is 3. The molecule has 0 aliphatic heterocycles. The van der Waals surface area contributed by atoms with E-state index in [1.165, 1.54) is 23.9 Å². The van der Waals surface area contributed by atoms with Gasteiger partial charge in [-0.15, -0.1) is 0 Å². The fourth-order valence-corrected chi connectivity index (χ4v) is 2.57. The molecule has 0 saturated heterocycles. The number of nitriles is 1. The Bertz CT molecular complexity index is 705. The summed E-state index contributed by atoms with van der Waals surface area (Å²) in [6.45, 7) is 3.74. The number of hydrogen-bond donors (Lipinski definition) is 0. The average molecular weight is 286 g/mol. The van der Waals surface area contributed by atoms with E-state index in [9.17, 15) is 10.1 Å². The maximum atomic E-state index is 10.8. The zero-order valence-corrected chi connectivity index (χ0v) is 11.6. The second-order valence-corrected chi connectivity index (χ2v) is 5.12. The van der Waals surface area contributed by atoms with Gasteiger partial charge in [-0.05, 0) is 43.8 Å². The molecular formula is C13H10N4O2S. The van der Waals surface area contributed by atoms with Crippen molar-refractivity contribution in [1.82, 2.24) is 9.97 Å². The standard InChI is InChI=1S/C13H10N4O2S/c1-8-5-9(2)16-13(15-8)20-11-3-4-12(17(18)19)10(6-11)7-14/h3-6H,1-2H3. The summed E-state index contributed by atoms with van der Waals surface area (Å²) in [4.78, 5) is 19.4. The third-order valence-electron chi connectivity index (χ3n) is 2.46. The molecular weight excluding hydrogens is 276 g/mol. The maximum absolute atomic E-state index is 10.8. The summed E-state index contributed by atoms with van der Waals surface area (Å²) in [5.41, 5.74) is 1.53. The molecule has 7 heteroatoms. The first-order valence-corrected chi connectivity index (χ1v) is 6.50. The average Bonchev–Trinajstić information content (AvgIpc) is 2.37. The van der Waals surface area contributed by atoms with E-state index < -0.39 is 4.92 Å². The van der Waals surface area contributed by atoms with Gasteiger partial charge in [-0.2, -0.15) is 5.26 Å². The summed E-state index contributed by atoms with van der Waals surface area (Å²) in [6.07, 6.45) is 0. The number of aromatic nitrogens is 2. The molecule has 0 N–H and O–H groups in total. The van der Waals surface area contributed by atoms with Gasteiger partial charge in [0.2, 0.25) is 0 Å². The number of nitrogens with zero attached hydrogens (tertiary/aromatic N) is 4. The lowest BCUT2D eigenvalue weighted by atomic mass is 10.2. The van der Waals surface area contributed by atoms with Crippen LogP contribution in [-0.4, -0.2) is 14.9 Å². The van der Waals surface area contributed by atoms with E-state index in [0.717, 1.165) is 11.4 Å². The Balaban J connectivity index is 2.35. The van der Waals surface area contributed by atoms with Crippen LogP contribution in [0.3, 0.4) is 0 Å². The molecule has 0 amide bonds. The van der Waals surface area contributed by atoms with E-state index in [2.05, 4.69) is 9.97 Å². The zero-order chi connectivity index (χ0) is 14.7. The molecule has 100 valence electrons. The van der Waals surface area contributed by atoms with Gasteiger partial charge in [0.1, 0.15) is 11.6 Å². The van der Waals surface area contributed by atoms with Crippen LogP contribution in [0.2, 0.25) is 0 Å². The largest absolute Gasteiger partial charge is 0.287 e. The fourth-order valence-electron chi connectivity index (χ4n) is 1.67. The minimum absolute atomic E-state index is 0.0318. The van der Waals surface area contributed by atoms with E-state index >= 15 is 0 Å². The molecule has 0 saturated carbocycles. The van der Waals surface area contributed by atoms with Crippen LogP contribution in [0.4, 0.5) is 5.69 Å². The number of nitro groups is 1. The number of hydrogen-bond acceptors (Lipinski definition) is 6. The summed E-state index contributed by atoms with van der Waals surface area (Å²) in [7, 11) is 0. The molecule has 0 radical (unpaired) electrons. The topological polar surface area (TPSA) is 92.7 Å². The van der Waals surface area contributed by atoms with Crippen LogP contribution in [0.25, 0.3) is 0 Å². The molecule has 0 unspecified atom stereocenters. The Morgan fingerprint density at radius 2 is 1.90 bits per heavy atom. The van der Waals surface area contributed by atoms with E-state index in [-0.39, 0.29) is 11.3 Å². The van der Waals surface area contributed by atoms with Gasteiger partial charge in [0.25, 0.3) is 5.69 Å². The van der Waals surface area contributed by atoms with Crippen molar-refractivity contribution in [1.29, 1.82) is 5.26 Å². The predicted molar refractivity (Wildman–Crippen MR) is 73.4 cm³/mol. The van der Waals surface area contributed by atoms with E-state index in [0.29, 0.717) is 10.1 Å². The molecule has 0 fully saturated rings. The van der Waals surface area contributed by atoms with Gasteiger partial charge in [-0.3, -0.25) is 10.1 Å². The molecule has 1 heterocycles. The van der Waals surface area contributed by atoms with E-state index in [4.69, 9.17) is 5.26 Å². The van der Waals surface area contributed by atoms with Crippen LogP contribution in [0.15, 0.2) is 34.3 Å². The van der Waals surface area contributed by atoms with Crippen molar-refractivity contribution in [2.24, 2.45) is 0 Å². The molecule has 20 heavy (non-hydrogen) atoms. The number of benzene rings is 1. The molecule has 0 atom stereocenters. The Labute approximate surface area is 119 Å². The summed E-state index contributed by atoms with van der Waals surface area (Å²) in [6, 6.07) is 8.08. The fraction of sp³-hybridized carbons (Fsp3) is 0.154. The summed E-state index contributed by atoms with van der Waals surface area (Å²) in [5.74, 6) is 0. The summed E-state index contributed by atoms with van der Waals surface area (Å²) < 4.78 is 0. The molecule has 2 aromatic rings. The molecule has 2 rings (SSSR count). The Morgan fingerprint density at radius 1 is 1.25 bits per heavy atom. The maximum Gasteiger partial charge on any atom is 0.287 e. The van der Waals surface area contributed by atoms with Gasteiger partial charge in [0.15, 0.2) is 5.16 Å². The lowest BCUT2D eigenvalue weighted by molar-refractivity contribution is -0.385. The molecule has 6 nitrogen and oxygen atoms in total. The first-order valence-electron chi connectivity index (χ1n) is 5.68. The van der Waals surface area contributed by atoms with Crippen molar-refractivity contribution >= 4 is 17.4 Å². The molecule has 0 spiro atoms. The molecule has 0 bridgehead atoms. The van der Waals surface area contributed by atoms with Crippen LogP contribution in [0, 0.1) is 35.3 Å². The highest BCUT2D eigenvalue weighted by molar-refractivity contribution is 7.99. The second kappa shape index (κ2) is 5.67. The highest BCUT2D eigenvalue weighted by Crippen LogP contribution is 2.29. The first kappa shape index (κ1) is 14.0. The SMILES string of the molecule is Cc1cc(C)nc(Sc2ccc([N+](=O)[O-])c(C#N)c2)n1. The Hall–Kier alpha value is -2.46. The minimum Gasteiger partial charge on any atom is -0.258 e. The van der Waals surface area contributed by atoms with Crippen LogP contribution in [0.1, 0.15) is 17.0 Å². The van der Waals surface area contributed by atoms with Crippen molar-refractivity contribution in [2.45, 2.75) is 23.9 Å². The lowest BCUT2D eigenvalue weighted by Gasteiger charge is -2.03. The molecule has 1 aromatic heterocycles. The first-order chi connectivity index (χ1) is 9.49. The second-order valence-electron chi connectivity index (χ2n) is 4.08. The highest BCUT2D eigenvalue weighted by Gasteiger charge is 2.14. The van der Waals surface area contributed by atoms with Crippen molar-refractivity contribution in [2.75, 3.05) is 0 Å². The van der Waals surface area contributed by atoms with Crippen LogP contribution in [-0.2, 0) is 0 Å². The normalized spacial score (nSPS) is 10.1. The monoisotopic (exact) mass is 286 g/mol. The zero-order valence-electron chi connectivity index (χ0n) is 10.8. The molecule has 0 aliphatic rings. The van der Waals surface area contributed by atoms with Crippen molar-refractivity contribution in [3.05, 3.63) is 51.3 Å². The third kappa shape index (κ3) is 3.10. The molecule has 1 aromatic carbocycles. The van der Waals surface area contributed by atoms with Crippen LogP contribution >= 0.6 is 11.8 Å². The van der Waals surface area contributed by atoms with Crippen LogP contribution in [0.5, 0.6) is 0 Å². The summed E-state index contributed by atoms with van der Waals surface area (Å²) >= 11 is 1.27. The minimum atomic E-state index is -0.569. The summed E-state index contributed by atoms with van der Waals surface area (Å²) in [5, 5.41) is 20.3. The quantitative estimate of drug-likeness (QED) is 0.489. The van der Waals surface area contributed by atoms with Crippen molar-refractivity contribution in [3.8, 4) is 6.07 Å². The van der Waals surface area contributed by atoms with E-state index in [1.807, 2.05) is 26.0 Å². The predicted octanol–water partition coefficient (Wildman–Crippen LogP) is 3.02. The molecule has 0 aliphatic carbocycles. The smallest absolute Gasteiger partial charge is 0.258 e. The number of aryl methyl sites for hydroxylation is 2. The highest BCUT2D eigenvalue weighted by atomic mass is 32.2. The van der Waals surface area contributed by atoms with Gasteiger partial charge < -0.3 is 0 Å². The van der Waals surface area contributed by atoms with Gasteiger partial charge in [0.05, 0.1) is 4.92 Å². The van der Waals surface area contributed by atoms with Gasteiger partial charge in [-0.25, -0.2) is 9.97 Å². The van der Waals surface area contributed by atoms with Gasteiger partial charge in [-0.1, -0.05) is 0 Å².